The van der Waals surface area contributed by atoms with E-state index in [0.29, 0.717) is 25.0 Å². The van der Waals surface area contributed by atoms with Crippen LogP contribution in [0.15, 0.2) is 24.3 Å². The molecule has 0 radical (unpaired) electrons. The average Bonchev–Trinajstić information content (AvgIpc) is 2.38. The minimum Gasteiger partial charge on any atom is -0.475 e. The normalized spacial score (nSPS) is 10.5. The van der Waals surface area contributed by atoms with E-state index < -0.39 is 0 Å². The standard InChI is InChI=1S/C12H15N3O2/c1-13-12-14-10-6-4-3-5-9(10)11(15-12)17-8-7-16-2/h3-6H,7-8H2,1-2H3,(H,13,14,15). The molecule has 0 unspecified atom stereocenters. The van der Waals surface area contributed by atoms with E-state index in [4.69, 9.17) is 9.47 Å². The first-order valence-electron chi connectivity index (χ1n) is 5.41. The number of para-hydroxylation sites is 1. The smallest absolute Gasteiger partial charge is 0.226 e. The lowest BCUT2D eigenvalue weighted by Crippen LogP contribution is -2.07. The van der Waals surface area contributed by atoms with Gasteiger partial charge in [0.2, 0.25) is 11.8 Å². The summed E-state index contributed by atoms with van der Waals surface area (Å²) in [5.41, 5.74) is 0.860. The highest BCUT2D eigenvalue weighted by molar-refractivity contribution is 5.84. The Morgan fingerprint density at radius 2 is 2.00 bits per heavy atom. The molecule has 0 aliphatic carbocycles. The van der Waals surface area contributed by atoms with Crippen molar-refractivity contribution in [3.05, 3.63) is 24.3 Å². The number of hydrogen-bond acceptors (Lipinski definition) is 5. The van der Waals surface area contributed by atoms with Gasteiger partial charge in [0.05, 0.1) is 17.5 Å². The lowest BCUT2D eigenvalue weighted by Gasteiger charge is -2.09. The number of fused-ring (bicyclic) bond motifs is 1. The fourth-order valence-electron chi connectivity index (χ4n) is 1.49. The Labute approximate surface area is 99.8 Å². The predicted molar refractivity (Wildman–Crippen MR) is 66.5 cm³/mol. The topological polar surface area (TPSA) is 56.3 Å². The predicted octanol–water partition coefficient (Wildman–Crippen LogP) is 1.70. The van der Waals surface area contributed by atoms with E-state index in [9.17, 15) is 0 Å². The Balaban J connectivity index is 2.36. The largest absolute Gasteiger partial charge is 0.475 e. The molecule has 0 saturated carbocycles. The van der Waals surface area contributed by atoms with Gasteiger partial charge in [0.25, 0.3) is 0 Å². The molecule has 0 amide bonds. The van der Waals surface area contributed by atoms with Crippen molar-refractivity contribution in [1.29, 1.82) is 0 Å². The zero-order valence-electron chi connectivity index (χ0n) is 9.93. The van der Waals surface area contributed by atoms with Gasteiger partial charge in [0.1, 0.15) is 6.61 Å². The van der Waals surface area contributed by atoms with Gasteiger partial charge < -0.3 is 14.8 Å². The summed E-state index contributed by atoms with van der Waals surface area (Å²) < 4.78 is 10.5. The Hall–Kier alpha value is -1.88. The van der Waals surface area contributed by atoms with Gasteiger partial charge in [-0.3, -0.25) is 0 Å². The summed E-state index contributed by atoms with van der Waals surface area (Å²) in [5.74, 6) is 1.13. The van der Waals surface area contributed by atoms with Crippen LogP contribution in [0.5, 0.6) is 5.88 Å². The average molecular weight is 233 g/mol. The molecule has 0 spiro atoms. The molecule has 1 aromatic heterocycles. The van der Waals surface area contributed by atoms with E-state index >= 15 is 0 Å². The molecule has 2 aromatic rings. The summed E-state index contributed by atoms with van der Waals surface area (Å²) in [6.07, 6.45) is 0. The number of aromatic nitrogens is 2. The summed E-state index contributed by atoms with van der Waals surface area (Å²) in [4.78, 5) is 8.64. The Bertz CT molecular complexity index is 502. The van der Waals surface area contributed by atoms with Crippen molar-refractivity contribution in [2.45, 2.75) is 0 Å². The Morgan fingerprint density at radius 3 is 2.76 bits per heavy atom. The van der Waals surface area contributed by atoms with Crippen LogP contribution >= 0.6 is 0 Å². The van der Waals surface area contributed by atoms with Crippen LogP contribution in [0, 0.1) is 0 Å². The zero-order valence-corrected chi connectivity index (χ0v) is 9.93. The number of nitrogens with one attached hydrogen (secondary N) is 1. The van der Waals surface area contributed by atoms with Crippen molar-refractivity contribution in [3.63, 3.8) is 0 Å². The molecule has 90 valence electrons. The lowest BCUT2D eigenvalue weighted by atomic mass is 10.2. The molecular formula is C12H15N3O2. The van der Waals surface area contributed by atoms with E-state index in [1.165, 1.54) is 0 Å². The SMILES string of the molecule is CNc1nc(OCCOC)c2ccccc2n1. The van der Waals surface area contributed by atoms with Crippen molar-refractivity contribution in [1.82, 2.24) is 9.97 Å². The molecule has 0 atom stereocenters. The number of nitrogens with zero attached hydrogens (tertiary/aromatic N) is 2. The lowest BCUT2D eigenvalue weighted by molar-refractivity contribution is 0.144. The quantitative estimate of drug-likeness (QED) is 0.796. The third kappa shape index (κ3) is 2.62. The first-order valence-corrected chi connectivity index (χ1v) is 5.41. The second-order valence-corrected chi connectivity index (χ2v) is 3.46. The highest BCUT2D eigenvalue weighted by Crippen LogP contribution is 2.23. The van der Waals surface area contributed by atoms with E-state index in [2.05, 4.69) is 15.3 Å². The van der Waals surface area contributed by atoms with Gasteiger partial charge in [0.15, 0.2) is 0 Å². The molecular weight excluding hydrogens is 218 g/mol. The molecule has 1 N–H and O–H groups in total. The number of ether oxygens (including phenoxy) is 2. The van der Waals surface area contributed by atoms with Gasteiger partial charge in [-0.15, -0.1) is 0 Å². The summed E-state index contributed by atoms with van der Waals surface area (Å²) in [6, 6.07) is 7.75. The maximum absolute atomic E-state index is 5.59. The van der Waals surface area contributed by atoms with Gasteiger partial charge in [-0.2, -0.15) is 4.98 Å². The van der Waals surface area contributed by atoms with Gasteiger partial charge in [-0.25, -0.2) is 4.98 Å². The second kappa shape index (κ2) is 5.45. The van der Waals surface area contributed by atoms with Gasteiger partial charge >= 0.3 is 0 Å². The van der Waals surface area contributed by atoms with Crippen LogP contribution in [0.25, 0.3) is 10.9 Å². The number of hydrogen-bond donors (Lipinski definition) is 1. The fourth-order valence-corrected chi connectivity index (χ4v) is 1.49. The van der Waals surface area contributed by atoms with Crippen LogP contribution in [0.2, 0.25) is 0 Å². The number of benzene rings is 1. The number of anilines is 1. The van der Waals surface area contributed by atoms with E-state index in [1.807, 2.05) is 24.3 Å². The van der Waals surface area contributed by atoms with Crippen molar-refractivity contribution in [2.75, 3.05) is 32.7 Å². The van der Waals surface area contributed by atoms with Gasteiger partial charge in [-0.1, -0.05) is 12.1 Å². The molecule has 0 saturated heterocycles. The molecule has 1 heterocycles. The number of rotatable bonds is 5. The van der Waals surface area contributed by atoms with Crippen molar-refractivity contribution in [2.24, 2.45) is 0 Å². The molecule has 0 fully saturated rings. The summed E-state index contributed by atoms with van der Waals surface area (Å²) in [5, 5.41) is 3.82. The first kappa shape index (κ1) is 11.6. The minimum absolute atomic E-state index is 0.473. The molecule has 5 nitrogen and oxygen atoms in total. The van der Waals surface area contributed by atoms with Crippen LogP contribution in [-0.2, 0) is 4.74 Å². The first-order chi connectivity index (χ1) is 8.35. The third-order valence-electron chi connectivity index (χ3n) is 2.32. The summed E-state index contributed by atoms with van der Waals surface area (Å²) in [6.45, 7) is 1.01. The Kier molecular flexibility index (Phi) is 3.72. The second-order valence-electron chi connectivity index (χ2n) is 3.46. The van der Waals surface area contributed by atoms with E-state index in [1.54, 1.807) is 14.2 Å². The highest BCUT2D eigenvalue weighted by atomic mass is 16.5. The highest BCUT2D eigenvalue weighted by Gasteiger charge is 2.07. The van der Waals surface area contributed by atoms with Crippen molar-refractivity contribution < 1.29 is 9.47 Å². The zero-order chi connectivity index (χ0) is 12.1. The van der Waals surface area contributed by atoms with Crippen LogP contribution < -0.4 is 10.1 Å². The van der Waals surface area contributed by atoms with E-state index in [-0.39, 0.29) is 0 Å². The molecule has 17 heavy (non-hydrogen) atoms. The monoisotopic (exact) mass is 233 g/mol. The van der Waals surface area contributed by atoms with Gasteiger partial charge in [0, 0.05) is 14.2 Å². The summed E-state index contributed by atoms with van der Waals surface area (Å²) >= 11 is 0. The van der Waals surface area contributed by atoms with Crippen LogP contribution in [0.4, 0.5) is 5.95 Å². The number of methoxy groups -OCH3 is 1. The molecule has 1 aromatic carbocycles. The van der Waals surface area contributed by atoms with E-state index in [0.717, 1.165) is 10.9 Å². The summed E-state index contributed by atoms with van der Waals surface area (Å²) in [7, 11) is 3.42. The maximum atomic E-state index is 5.59. The molecule has 2 rings (SSSR count). The fraction of sp³-hybridized carbons (Fsp3) is 0.333. The third-order valence-corrected chi connectivity index (χ3v) is 2.32. The minimum atomic E-state index is 0.473. The van der Waals surface area contributed by atoms with Crippen LogP contribution in [-0.4, -0.2) is 37.3 Å². The molecule has 0 bridgehead atoms. The van der Waals surface area contributed by atoms with Crippen LogP contribution in [0.3, 0.4) is 0 Å². The van der Waals surface area contributed by atoms with Crippen molar-refractivity contribution in [3.8, 4) is 5.88 Å². The van der Waals surface area contributed by atoms with Crippen LogP contribution in [0.1, 0.15) is 0 Å². The Morgan fingerprint density at radius 1 is 1.18 bits per heavy atom. The van der Waals surface area contributed by atoms with Crippen molar-refractivity contribution >= 4 is 16.9 Å². The molecule has 0 aliphatic rings. The maximum Gasteiger partial charge on any atom is 0.226 e. The molecule has 0 aliphatic heterocycles. The molecule has 5 heteroatoms. The van der Waals surface area contributed by atoms with Gasteiger partial charge in [-0.05, 0) is 12.1 Å².